The molecule has 0 aliphatic heterocycles. The Morgan fingerprint density at radius 2 is 1.20 bits per heavy atom. The standard InChI is InChI=1S/Ca.Co.Ni.Sb.H4Si.5H/h;;;;1H4;;;;;/q+2;;;;;;;;2*-1. The summed E-state index contributed by atoms with van der Waals surface area (Å²) >= 11 is 0. The van der Waals surface area contributed by atoms with Crippen molar-refractivity contribution in [2.75, 3.05) is 0 Å². The largest absolute Gasteiger partial charge is 0.0149 e. The Morgan fingerprint density at radius 3 is 1.20 bits per heavy atom. The van der Waals surface area contributed by atoms with Crippen molar-refractivity contribution < 1.29 is 36.1 Å². The maximum Gasteiger partial charge on any atom is -0.0149 e. The summed E-state index contributed by atoms with van der Waals surface area (Å²) < 4.78 is 0. The number of hydrogen-bond donors (Lipinski definition) is 0. The zero-order valence-corrected chi connectivity index (χ0v) is 10.3. The summed E-state index contributed by atoms with van der Waals surface area (Å²) in [6.45, 7) is 0. The van der Waals surface area contributed by atoms with E-state index in [1.54, 1.807) is 0 Å². The molecule has 0 saturated heterocycles. The van der Waals surface area contributed by atoms with Gasteiger partial charge in [0.05, 0.1) is 0 Å². The summed E-state index contributed by atoms with van der Waals surface area (Å²) in [5, 5.41) is 0. The van der Waals surface area contributed by atoms with Gasteiger partial charge in [-0.2, -0.15) is 0 Å². The van der Waals surface area contributed by atoms with Crippen LogP contribution in [0.15, 0.2) is 0 Å². The van der Waals surface area contributed by atoms with Crippen LogP contribution in [0.5, 0.6) is 0 Å². The van der Waals surface area contributed by atoms with Gasteiger partial charge >= 0.3 is 62.2 Å². The fourth-order valence-electron chi connectivity index (χ4n) is 0. The Bertz CT molecular complexity index is 17.7. The summed E-state index contributed by atoms with van der Waals surface area (Å²) in [4.78, 5) is 0. The number of hydrogen-bond acceptors (Lipinski definition) is 0. The third-order valence-corrected chi connectivity index (χ3v) is 0. The van der Waals surface area contributed by atoms with Crippen molar-refractivity contribution in [2.45, 2.75) is 0 Å². The summed E-state index contributed by atoms with van der Waals surface area (Å²) in [5.41, 5.74) is 0. The Morgan fingerprint density at radius 1 is 1.20 bits per heavy atom. The van der Waals surface area contributed by atoms with Gasteiger partial charge < -0.3 is 2.85 Å². The van der Waals surface area contributed by atoms with E-state index in [9.17, 15) is 0 Å². The molecule has 0 aliphatic carbocycles. The third kappa shape index (κ3) is 18.8. The second-order valence-electron chi connectivity index (χ2n) is 0. The van der Waals surface area contributed by atoms with E-state index in [2.05, 4.69) is 0 Å². The smallest absolute Gasteiger partial charge is 0.0149 e. The van der Waals surface area contributed by atoms with Gasteiger partial charge in [-0.25, -0.2) is 0 Å². The maximum absolute atomic E-state index is 0. The molecule has 0 atom stereocenters. The molecule has 0 aliphatic rings. The maximum atomic E-state index is 0. The van der Waals surface area contributed by atoms with Crippen molar-refractivity contribution in [1.82, 2.24) is 0 Å². The molecular weight excluding hydrogens is 308 g/mol. The second-order valence-corrected chi connectivity index (χ2v) is 0. The predicted octanol–water partition coefficient (Wildman–Crippen LogP) is -2.80. The van der Waals surface area contributed by atoms with Crippen LogP contribution in [0.1, 0.15) is 2.85 Å². The Balaban J connectivity index is 0. The van der Waals surface area contributed by atoms with E-state index in [-0.39, 0.29) is 109 Å². The molecule has 5 heavy (non-hydrogen) atoms. The molecule has 0 amide bonds. The van der Waals surface area contributed by atoms with Gasteiger partial charge in [0.2, 0.25) is 0 Å². The molecule has 0 aromatic rings. The molecule has 0 rings (SSSR count). The van der Waals surface area contributed by atoms with Crippen LogP contribution < -0.4 is 0 Å². The van der Waals surface area contributed by atoms with E-state index in [1.165, 1.54) is 0 Å². The van der Waals surface area contributed by atoms with Gasteiger partial charge in [0.25, 0.3) is 0 Å². The zero-order chi connectivity index (χ0) is 0. The molecule has 1 radical (unpaired) electrons. The topological polar surface area (TPSA) is 0 Å². The molecule has 0 aromatic heterocycles. The average Bonchev–Trinajstić information content (AvgIpc) is 0. The molecule has 0 nitrogen and oxygen atoms in total. The van der Waals surface area contributed by atoms with Gasteiger partial charge in [-0.05, 0) is 11.0 Å². The van der Waals surface area contributed by atoms with E-state index in [0.29, 0.717) is 0 Å². The molecule has 0 saturated carbocycles. The van der Waals surface area contributed by atoms with E-state index < -0.39 is 0 Å². The van der Waals surface area contributed by atoms with E-state index >= 15 is 0 Å². The monoisotopic (exact) mass is 315 g/mol. The summed E-state index contributed by atoms with van der Waals surface area (Å²) in [5.74, 6) is 0. The summed E-state index contributed by atoms with van der Waals surface area (Å²) in [7, 11) is 0. The Labute approximate surface area is 107 Å². The molecule has 0 aromatic carbocycles. The molecule has 0 bridgehead atoms. The summed E-state index contributed by atoms with van der Waals surface area (Å²) in [6, 6.07) is 0. The van der Waals surface area contributed by atoms with Crippen LogP contribution in [0.4, 0.5) is 0 Å². The van der Waals surface area contributed by atoms with Crippen molar-refractivity contribution in [3.8, 4) is 0 Å². The molecule has 0 spiro atoms. The van der Waals surface area contributed by atoms with Gasteiger partial charge in [0, 0.05) is 33.3 Å². The minimum absolute atomic E-state index is 0. The van der Waals surface area contributed by atoms with Crippen molar-refractivity contribution in [3.05, 3.63) is 0 Å². The third-order valence-electron chi connectivity index (χ3n) is 0. The molecule has 0 N–H and O–H groups in total. The average molecular weight is 317 g/mol. The van der Waals surface area contributed by atoms with Crippen molar-refractivity contribution >= 4 is 73.1 Å². The summed E-state index contributed by atoms with van der Waals surface area (Å²) in [6.07, 6.45) is 0. The molecule has 39 valence electrons. The van der Waals surface area contributed by atoms with Crippen LogP contribution in [0.2, 0.25) is 0 Å². The minimum atomic E-state index is 0. The molecule has 5 heteroatoms. The van der Waals surface area contributed by atoms with Crippen LogP contribution in [-0.4, -0.2) is 73.1 Å². The molecule has 0 fully saturated rings. The van der Waals surface area contributed by atoms with Gasteiger partial charge in [0.1, 0.15) is 0 Å². The van der Waals surface area contributed by atoms with Crippen LogP contribution in [0, 0.1) is 0 Å². The first kappa shape index (κ1) is 40.7. The molecular formula is H9CaCoNiSbSi. The number of rotatable bonds is 0. The van der Waals surface area contributed by atoms with Gasteiger partial charge in [-0.1, -0.05) is 0 Å². The zero-order valence-electron chi connectivity index (χ0n) is 4.06. The van der Waals surface area contributed by atoms with Gasteiger partial charge in [0.15, 0.2) is 0 Å². The van der Waals surface area contributed by atoms with Crippen LogP contribution >= 0.6 is 0 Å². The van der Waals surface area contributed by atoms with Crippen molar-refractivity contribution in [3.63, 3.8) is 0 Å². The van der Waals surface area contributed by atoms with Crippen molar-refractivity contribution in [2.24, 2.45) is 0 Å². The first-order valence-corrected chi connectivity index (χ1v) is 0. The normalized spacial score (nSPS) is 0. The van der Waals surface area contributed by atoms with E-state index in [0.717, 1.165) is 0 Å². The first-order chi connectivity index (χ1) is 0. The van der Waals surface area contributed by atoms with Crippen LogP contribution in [0.25, 0.3) is 0 Å². The van der Waals surface area contributed by atoms with Crippen LogP contribution in [0.3, 0.4) is 0 Å². The first-order valence-electron chi connectivity index (χ1n) is 0. The fourth-order valence-corrected chi connectivity index (χ4v) is 0. The Hall–Kier alpha value is 3.29. The van der Waals surface area contributed by atoms with Gasteiger partial charge in [-0.3, -0.25) is 0 Å². The minimum Gasteiger partial charge on any atom is -0.0149 e. The molecule has 0 heterocycles. The van der Waals surface area contributed by atoms with E-state index in [1.807, 2.05) is 0 Å². The van der Waals surface area contributed by atoms with Gasteiger partial charge in [-0.15, -0.1) is 0 Å². The SMILES string of the molecule is [Ca+2].[Co].[H-].[H-].[Ni].[SbH3].[SiH4]. The van der Waals surface area contributed by atoms with Crippen LogP contribution in [-0.2, 0) is 33.3 Å². The fraction of sp³-hybridized carbons (Fsp3) is 0. The second kappa shape index (κ2) is 26.6. The van der Waals surface area contributed by atoms with E-state index in [4.69, 9.17) is 0 Å². The predicted molar refractivity (Wildman–Crippen MR) is 29.3 cm³/mol. The van der Waals surface area contributed by atoms with Crippen molar-refractivity contribution in [1.29, 1.82) is 0 Å². The quantitative estimate of drug-likeness (QED) is 0.424. The Kier molecular flexibility index (Phi) is 217. The molecule has 0 unspecified atom stereocenters.